The van der Waals surface area contributed by atoms with Gasteiger partial charge in [-0.05, 0) is 90.5 Å². The lowest BCUT2D eigenvalue weighted by Crippen LogP contribution is -2.27. The Morgan fingerprint density at radius 2 is 0.929 bits per heavy atom. The van der Waals surface area contributed by atoms with Gasteiger partial charge in [0.2, 0.25) is 0 Å². The molecule has 208 valence electrons. The van der Waals surface area contributed by atoms with Crippen LogP contribution < -0.4 is 4.67 Å². The van der Waals surface area contributed by atoms with Crippen LogP contribution in [-0.4, -0.2) is 0 Å². The molecule has 0 spiro atoms. The van der Waals surface area contributed by atoms with Crippen molar-refractivity contribution in [2.24, 2.45) is 0 Å². The summed E-state index contributed by atoms with van der Waals surface area (Å²) in [5, 5.41) is 6.60. The number of fused-ring (bicyclic) bond motifs is 7. The van der Waals surface area contributed by atoms with Gasteiger partial charge in [-0.1, -0.05) is 109 Å². The molecule has 0 fully saturated rings. The molecule has 6 aromatic carbocycles. The lowest BCUT2D eigenvalue weighted by atomic mass is 9.99. The molecule has 0 saturated carbocycles. The van der Waals surface area contributed by atoms with Crippen molar-refractivity contribution in [3.8, 4) is 0 Å². The minimum atomic E-state index is -1.63. The zero-order valence-corrected chi connectivity index (χ0v) is 27.2. The number of nitrogens with zero attached hydrogens (tertiary/aromatic N) is 1. The third kappa shape index (κ3) is 4.79. The van der Waals surface area contributed by atoms with Gasteiger partial charge in [0.1, 0.15) is 0 Å². The average Bonchev–Trinajstić information content (AvgIpc) is 3.21. The molecule has 2 atom stereocenters. The van der Waals surface area contributed by atoms with Crippen molar-refractivity contribution in [2.45, 2.75) is 25.9 Å². The maximum Gasteiger partial charge on any atom is 0.310 e. The van der Waals surface area contributed by atoms with E-state index in [0.29, 0.717) is 0 Å². The molecule has 7 rings (SSSR count). The maximum atomic E-state index is 7.13. The van der Waals surface area contributed by atoms with Crippen LogP contribution in [0.25, 0.3) is 43.5 Å². The van der Waals surface area contributed by atoms with Gasteiger partial charge >= 0.3 is 8.16 Å². The molecule has 0 N–H and O–H groups in total. The van der Waals surface area contributed by atoms with Gasteiger partial charge in [0.15, 0.2) is 11.2 Å². The topological polar surface area (TPSA) is 29.5 Å². The van der Waals surface area contributed by atoms with Crippen LogP contribution >= 0.6 is 40.0 Å². The Morgan fingerprint density at radius 3 is 1.36 bits per heavy atom. The molecule has 7 aromatic rings. The second-order valence-electron chi connectivity index (χ2n) is 10.5. The predicted octanol–water partition coefficient (Wildman–Crippen LogP) is 12.6. The van der Waals surface area contributed by atoms with E-state index in [1.54, 1.807) is 0 Å². The molecule has 0 radical (unpaired) electrons. The van der Waals surface area contributed by atoms with Crippen LogP contribution in [0.15, 0.2) is 139 Å². The standard InChI is InChI=1S/C36H28Br2NO2P/c1-23(25-13-5-3-6-14-25)39(24(2)26-15-7-4-8-16-26)42-40-35-31(37)21-27-17-9-11-19-29(27)33(35)34-30-20-12-10-18-28(30)22-32(38)36(34)41-42/h3-24H,1-2H3. The first-order chi connectivity index (χ1) is 20.5. The third-order valence-electron chi connectivity index (χ3n) is 8.05. The summed E-state index contributed by atoms with van der Waals surface area (Å²) < 4.78 is 18.5. The fourth-order valence-electron chi connectivity index (χ4n) is 5.92. The van der Waals surface area contributed by atoms with Gasteiger partial charge in [-0.3, -0.25) is 0 Å². The monoisotopic (exact) mass is 695 g/mol. The molecule has 0 amide bonds. The lowest BCUT2D eigenvalue weighted by Gasteiger charge is -2.31. The van der Waals surface area contributed by atoms with E-state index in [9.17, 15) is 0 Å². The first-order valence-electron chi connectivity index (χ1n) is 14.0. The minimum absolute atomic E-state index is 0.0102. The Bertz CT molecular complexity index is 1960. The number of benzene rings is 6. The van der Waals surface area contributed by atoms with Crippen molar-refractivity contribution in [3.63, 3.8) is 0 Å². The summed E-state index contributed by atoms with van der Waals surface area (Å²) in [6, 6.07) is 42.5. The van der Waals surface area contributed by atoms with E-state index in [-0.39, 0.29) is 12.1 Å². The molecular formula is C36H28Br2NO2P. The van der Waals surface area contributed by atoms with Crippen LogP contribution in [0.3, 0.4) is 0 Å². The van der Waals surface area contributed by atoms with E-state index < -0.39 is 8.16 Å². The molecule has 3 nitrogen and oxygen atoms in total. The first-order valence-corrected chi connectivity index (χ1v) is 16.7. The first kappa shape index (κ1) is 27.5. The number of hydrogen-bond donors (Lipinski definition) is 0. The smallest absolute Gasteiger partial charge is 0.310 e. The molecule has 2 unspecified atom stereocenters. The van der Waals surface area contributed by atoms with E-state index in [4.69, 9.17) is 8.39 Å². The molecule has 1 heterocycles. The van der Waals surface area contributed by atoms with Gasteiger partial charge < -0.3 is 8.39 Å². The lowest BCUT2D eigenvalue weighted by molar-refractivity contribution is 0.557. The van der Waals surface area contributed by atoms with Gasteiger partial charge in [-0.25, -0.2) is 0 Å². The Kier molecular flexibility index (Phi) is 7.46. The SMILES string of the molecule is CC(c1ccccc1)N(C(C)c1ccccc1)p1oc2c(Br)cc3ccccc3c2c2c(o1)c(Br)cc1ccccc12. The maximum absolute atomic E-state index is 7.13. The van der Waals surface area contributed by atoms with Gasteiger partial charge in [0.05, 0.1) is 8.95 Å². The van der Waals surface area contributed by atoms with Gasteiger partial charge in [0.25, 0.3) is 0 Å². The predicted molar refractivity (Wildman–Crippen MR) is 185 cm³/mol. The van der Waals surface area contributed by atoms with Gasteiger partial charge in [0, 0.05) is 22.9 Å². The molecule has 6 heteroatoms. The largest absolute Gasteiger partial charge is 0.407 e. The summed E-state index contributed by atoms with van der Waals surface area (Å²) in [5.74, 6) is 0. The van der Waals surface area contributed by atoms with Crippen LogP contribution in [-0.2, 0) is 0 Å². The van der Waals surface area contributed by atoms with E-state index in [2.05, 4.69) is 172 Å². The molecule has 1 aromatic heterocycles. The van der Waals surface area contributed by atoms with Crippen LogP contribution in [0.5, 0.6) is 0 Å². The second kappa shape index (κ2) is 11.4. The highest BCUT2D eigenvalue weighted by molar-refractivity contribution is 9.11. The molecule has 0 saturated heterocycles. The van der Waals surface area contributed by atoms with Gasteiger partial charge in [-0.2, -0.15) is 4.67 Å². The Hall–Kier alpha value is -3.34. The van der Waals surface area contributed by atoms with Crippen molar-refractivity contribution in [2.75, 3.05) is 4.67 Å². The summed E-state index contributed by atoms with van der Waals surface area (Å²) in [4.78, 5) is 0. The van der Waals surface area contributed by atoms with Crippen LogP contribution in [0, 0.1) is 0 Å². The van der Waals surface area contributed by atoms with Crippen LogP contribution in [0.2, 0.25) is 0 Å². The fraction of sp³-hybridized carbons (Fsp3) is 0.111. The molecular weight excluding hydrogens is 669 g/mol. The van der Waals surface area contributed by atoms with Crippen molar-refractivity contribution in [3.05, 3.63) is 141 Å². The normalized spacial score (nSPS) is 13.3. The van der Waals surface area contributed by atoms with Crippen molar-refractivity contribution in [1.29, 1.82) is 0 Å². The minimum Gasteiger partial charge on any atom is -0.407 e. The molecule has 0 aliphatic carbocycles. The quantitative estimate of drug-likeness (QED) is 0.179. The summed E-state index contributed by atoms with van der Waals surface area (Å²) in [6.45, 7) is 4.48. The number of hydrogen-bond acceptors (Lipinski definition) is 3. The summed E-state index contributed by atoms with van der Waals surface area (Å²) in [6.07, 6.45) is 0. The molecule has 0 bridgehead atoms. The number of halogens is 2. The third-order valence-corrected chi connectivity index (χ3v) is 11.0. The van der Waals surface area contributed by atoms with Crippen molar-refractivity contribution >= 4 is 83.5 Å². The Morgan fingerprint density at radius 1 is 0.548 bits per heavy atom. The van der Waals surface area contributed by atoms with Crippen molar-refractivity contribution in [1.82, 2.24) is 0 Å². The average molecular weight is 697 g/mol. The van der Waals surface area contributed by atoms with E-state index in [0.717, 1.165) is 52.4 Å². The molecule has 0 aliphatic heterocycles. The summed E-state index contributed by atoms with van der Waals surface area (Å²) in [7, 11) is -1.63. The Balaban J connectivity index is 1.65. The highest BCUT2D eigenvalue weighted by Gasteiger charge is 2.30. The highest BCUT2D eigenvalue weighted by atomic mass is 79.9. The van der Waals surface area contributed by atoms with E-state index in [1.807, 2.05) is 0 Å². The van der Waals surface area contributed by atoms with Crippen molar-refractivity contribution < 1.29 is 8.39 Å². The van der Waals surface area contributed by atoms with E-state index >= 15 is 0 Å². The second-order valence-corrected chi connectivity index (χ2v) is 13.6. The Labute approximate surface area is 262 Å². The van der Waals surface area contributed by atoms with Crippen LogP contribution in [0.4, 0.5) is 0 Å². The summed E-state index contributed by atoms with van der Waals surface area (Å²) in [5.41, 5.74) is 4.00. The van der Waals surface area contributed by atoms with Crippen LogP contribution in [0.1, 0.15) is 37.1 Å². The molecule has 42 heavy (non-hydrogen) atoms. The zero-order chi connectivity index (χ0) is 28.8. The van der Waals surface area contributed by atoms with Gasteiger partial charge in [-0.15, -0.1) is 0 Å². The zero-order valence-electron chi connectivity index (χ0n) is 23.2. The highest BCUT2D eigenvalue weighted by Crippen LogP contribution is 2.50. The number of rotatable bonds is 5. The fourth-order valence-corrected chi connectivity index (χ4v) is 8.97. The van der Waals surface area contributed by atoms with E-state index in [1.165, 1.54) is 11.1 Å². The summed E-state index contributed by atoms with van der Waals surface area (Å²) >= 11 is 7.82. The molecule has 0 aliphatic rings.